The van der Waals surface area contributed by atoms with Gasteiger partial charge in [0, 0.05) is 26.1 Å². The van der Waals surface area contributed by atoms with Gasteiger partial charge in [0.15, 0.2) is 0 Å². The number of amides is 1. The van der Waals surface area contributed by atoms with Gasteiger partial charge in [0.2, 0.25) is 5.91 Å². The standard InChI is InChI=1S/C11H14FN3O/c12-8-1-2-9(13)10(7-8)15-5-3-11(16)14-4-6-15/h1-2,7H,3-6,13H2,(H,14,16). The van der Waals surface area contributed by atoms with Gasteiger partial charge in [0.25, 0.3) is 0 Å². The van der Waals surface area contributed by atoms with Gasteiger partial charge in [-0.05, 0) is 18.2 Å². The van der Waals surface area contributed by atoms with Crippen LogP contribution in [0, 0.1) is 5.82 Å². The van der Waals surface area contributed by atoms with E-state index in [1.165, 1.54) is 12.1 Å². The van der Waals surface area contributed by atoms with Crippen LogP contribution in [0.2, 0.25) is 0 Å². The quantitative estimate of drug-likeness (QED) is 0.690. The number of nitrogens with one attached hydrogen (secondary N) is 1. The zero-order chi connectivity index (χ0) is 11.5. The molecule has 5 heteroatoms. The topological polar surface area (TPSA) is 58.4 Å². The Hall–Kier alpha value is -1.78. The maximum atomic E-state index is 13.1. The molecule has 0 radical (unpaired) electrons. The molecule has 0 unspecified atom stereocenters. The third-order valence-electron chi connectivity index (χ3n) is 2.65. The van der Waals surface area contributed by atoms with Crippen LogP contribution in [0.1, 0.15) is 6.42 Å². The van der Waals surface area contributed by atoms with Crippen molar-refractivity contribution in [1.82, 2.24) is 5.32 Å². The first-order valence-electron chi connectivity index (χ1n) is 5.23. The number of hydrogen-bond acceptors (Lipinski definition) is 3. The Morgan fingerprint density at radius 3 is 3.00 bits per heavy atom. The van der Waals surface area contributed by atoms with E-state index in [9.17, 15) is 9.18 Å². The molecular formula is C11H14FN3O. The van der Waals surface area contributed by atoms with Crippen molar-refractivity contribution in [1.29, 1.82) is 0 Å². The smallest absolute Gasteiger partial charge is 0.221 e. The summed E-state index contributed by atoms with van der Waals surface area (Å²) in [5, 5.41) is 2.76. The van der Waals surface area contributed by atoms with Crippen molar-refractivity contribution < 1.29 is 9.18 Å². The molecular weight excluding hydrogens is 209 g/mol. The highest BCUT2D eigenvalue weighted by molar-refractivity contribution is 5.78. The van der Waals surface area contributed by atoms with Crippen molar-refractivity contribution in [2.24, 2.45) is 0 Å². The summed E-state index contributed by atoms with van der Waals surface area (Å²) in [6.45, 7) is 1.79. The molecule has 1 amide bonds. The minimum absolute atomic E-state index is 0.0254. The average Bonchev–Trinajstić information content (AvgIpc) is 2.47. The van der Waals surface area contributed by atoms with Gasteiger partial charge in [-0.25, -0.2) is 4.39 Å². The summed E-state index contributed by atoms with van der Waals surface area (Å²) in [7, 11) is 0. The second-order valence-electron chi connectivity index (χ2n) is 3.79. The third-order valence-corrected chi connectivity index (χ3v) is 2.65. The molecule has 1 aromatic rings. The van der Waals surface area contributed by atoms with Gasteiger partial charge in [-0.15, -0.1) is 0 Å². The molecule has 1 fully saturated rings. The monoisotopic (exact) mass is 223 g/mol. The van der Waals surface area contributed by atoms with Gasteiger partial charge in [-0.3, -0.25) is 4.79 Å². The molecule has 1 aromatic carbocycles. The van der Waals surface area contributed by atoms with Crippen molar-refractivity contribution in [2.45, 2.75) is 6.42 Å². The number of nitrogens with two attached hydrogens (primary N) is 1. The molecule has 2 rings (SSSR count). The highest BCUT2D eigenvalue weighted by atomic mass is 19.1. The van der Waals surface area contributed by atoms with Crippen LogP contribution in [0.3, 0.4) is 0 Å². The lowest BCUT2D eigenvalue weighted by Gasteiger charge is -2.23. The highest BCUT2D eigenvalue weighted by Crippen LogP contribution is 2.24. The second kappa shape index (κ2) is 4.38. The molecule has 1 saturated heterocycles. The lowest BCUT2D eigenvalue weighted by molar-refractivity contribution is -0.120. The Morgan fingerprint density at radius 1 is 1.38 bits per heavy atom. The first kappa shape index (κ1) is 10.7. The zero-order valence-corrected chi connectivity index (χ0v) is 8.87. The molecule has 4 nitrogen and oxygen atoms in total. The van der Waals surface area contributed by atoms with E-state index in [1.54, 1.807) is 6.07 Å². The van der Waals surface area contributed by atoms with Crippen molar-refractivity contribution in [3.8, 4) is 0 Å². The highest BCUT2D eigenvalue weighted by Gasteiger charge is 2.15. The Balaban J connectivity index is 2.22. The van der Waals surface area contributed by atoms with E-state index in [2.05, 4.69) is 5.32 Å². The maximum absolute atomic E-state index is 13.1. The van der Waals surface area contributed by atoms with E-state index in [0.717, 1.165) is 0 Å². The fraction of sp³-hybridized carbons (Fsp3) is 0.364. The molecule has 0 saturated carbocycles. The van der Waals surface area contributed by atoms with Gasteiger partial charge in [-0.2, -0.15) is 0 Å². The minimum Gasteiger partial charge on any atom is -0.397 e. The number of anilines is 2. The van der Waals surface area contributed by atoms with Crippen molar-refractivity contribution in [3.05, 3.63) is 24.0 Å². The average molecular weight is 223 g/mol. The molecule has 1 aliphatic heterocycles. The van der Waals surface area contributed by atoms with Crippen LogP contribution in [0.15, 0.2) is 18.2 Å². The van der Waals surface area contributed by atoms with E-state index in [4.69, 9.17) is 5.73 Å². The van der Waals surface area contributed by atoms with Crippen LogP contribution in [0.4, 0.5) is 15.8 Å². The van der Waals surface area contributed by atoms with Crippen LogP contribution in [-0.2, 0) is 4.79 Å². The lowest BCUT2D eigenvalue weighted by Crippen LogP contribution is -2.29. The van der Waals surface area contributed by atoms with Crippen LogP contribution < -0.4 is 16.0 Å². The summed E-state index contributed by atoms with van der Waals surface area (Å²) in [6.07, 6.45) is 0.413. The summed E-state index contributed by atoms with van der Waals surface area (Å²) < 4.78 is 13.1. The van der Waals surface area contributed by atoms with E-state index in [-0.39, 0.29) is 11.7 Å². The molecule has 0 bridgehead atoms. The fourth-order valence-corrected chi connectivity index (χ4v) is 1.80. The normalized spacial score (nSPS) is 16.8. The van der Waals surface area contributed by atoms with E-state index in [1.807, 2.05) is 4.90 Å². The molecule has 16 heavy (non-hydrogen) atoms. The van der Waals surface area contributed by atoms with Crippen molar-refractivity contribution in [3.63, 3.8) is 0 Å². The number of rotatable bonds is 1. The van der Waals surface area contributed by atoms with E-state index < -0.39 is 0 Å². The van der Waals surface area contributed by atoms with Gasteiger partial charge in [0.05, 0.1) is 11.4 Å². The third kappa shape index (κ3) is 2.24. The maximum Gasteiger partial charge on any atom is 0.221 e. The molecule has 1 heterocycles. The summed E-state index contributed by atoms with van der Waals surface area (Å²) >= 11 is 0. The van der Waals surface area contributed by atoms with Gasteiger partial charge in [-0.1, -0.05) is 0 Å². The molecule has 0 spiro atoms. The zero-order valence-electron chi connectivity index (χ0n) is 8.87. The minimum atomic E-state index is -0.312. The Bertz CT molecular complexity index is 408. The van der Waals surface area contributed by atoms with E-state index in [0.29, 0.717) is 37.4 Å². The first-order valence-corrected chi connectivity index (χ1v) is 5.23. The largest absolute Gasteiger partial charge is 0.397 e. The summed E-state index contributed by atoms with van der Waals surface area (Å²) in [6, 6.07) is 4.29. The predicted octanol–water partition coefficient (Wildman–Crippen LogP) is 0.734. The van der Waals surface area contributed by atoms with Crippen molar-refractivity contribution in [2.75, 3.05) is 30.3 Å². The first-order chi connectivity index (χ1) is 7.66. The van der Waals surface area contributed by atoms with Crippen LogP contribution in [-0.4, -0.2) is 25.5 Å². The number of carbonyl (C=O) groups is 1. The number of halogens is 1. The summed E-state index contributed by atoms with van der Waals surface area (Å²) in [5.74, 6) is -0.287. The molecule has 0 atom stereocenters. The Labute approximate surface area is 93.2 Å². The van der Waals surface area contributed by atoms with E-state index >= 15 is 0 Å². The van der Waals surface area contributed by atoms with Gasteiger partial charge in [0.1, 0.15) is 5.82 Å². The summed E-state index contributed by atoms with van der Waals surface area (Å²) in [4.78, 5) is 13.1. The Kier molecular flexibility index (Phi) is 2.94. The van der Waals surface area contributed by atoms with Crippen LogP contribution in [0.25, 0.3) is 0 Å². The molecule has 0 aromatic heterocycles. The van der Waals surface area contributed by atoms with Gasteiger partial charge >= 0.3 is 0 Å². The Morgan fingerprint density at radius 2 is 2.19 bits per heavy atom. The lowest BCUT2D eigenvalue weighted by atomic mass is 10.2. The van der Waals surface area contributed by atoms with Crippen LogP contribution in [0.5, 0.6) is 0 Å². The predicted molar refractivity (Wildman–Crippen MR) is 60.7 cm³/mol. The number of carbonyl (C=O) groups excluding carboxylic acids is 1. The molecule has 0 aliphatic carbocycles. The number of nitrogens with zero attached hydrogens (tertiary/aromatic N) is 1. The second-order valence-corrected chi connectivity index (χ2v) is 3.79. The van der Waals surface area contributed by atoms with Crippen LogP contribution >= 0.6 is 0 Å². The fourth-order valence-electron chi connectivity index (χ4n) is 1.80. The van der Waals surface area contributed by atoms with Gasteiger partial charge < -0.3 is 16.0 Å². The number of nitrogen functional groups attached to an aromatic ring is 1. The summed E-state index contributed by atoms with van der Waals surface area (Å²) in [5.41, 5.74) is 6.99. The number of benzene rings is 1. The van der Waals surface area contributed by atoms with Crippen molar-refractivity contribution >= 4 is 17.3 Å². The molecule has 86 valence electrons. The molecule has 3 N–H and O–H groups in total. The number of hydrogen-bond donors (Lipinski definition) is 2. The SMILES string of the molecule is Nc1ccc(F)cc1N1CCNC(=O)CC1. The molecule has 1 aliphatic rings.